The number of hydrogen-bond donors (Lipinski definition) is 1. The van der Waals surface area contributed by atoms with Gasteiger partial charge >= 0.3 is 5.97 Å². The zero-order chi connectivity index (χ0) is 23.8. The van der Waals surface area contributed by atoms with Crippen LogP contribution >= 0.6 is 0 Å². The van der Waals surface area contributed by atoms with Crippen LogP contribution in [0, 0.1) is 0 Å². The summed E-state index contributed by atoms with van der Waals surface area (Å²) in [4.78, 5) is 37.7. The molecule has 168 valence electrons. The molecule has 4 aromatic rings. The van der Waals surface area contributed by atoms with Gasteiger partial charge < -0.3 is 14.8 Å². The first-order valence-corrected chi connectivity index (χ1v) is 10.6. The van der Waals surface area contributed by atoms with E-state index in [1.807, 2.05) is 30.3 Å². The van der Waals surface area contributed by atoms with Crippen LogP contribution in [0.15, 0.2) is 109 Å². The van der Waals surface area contributed by atoms with Crippen LogP contribution in [0.5, 0.6) is 11.5 Å². The van der Waals surface area contributed by atoms with E-state index in [-0.39, 0.29) is 16.9 Å². The third kappa shape index (κ3) is 5.75. The molecule has 0 atom stereocenters. The van der Waals surface area contributed by atoms with Crippen LogP contribution < -0.4 is 10.1 Å². The Morgan fingerprint density at radius 1 is 0.618 bits per heavy atom. The van der Waals surface area contributed by atoms with E-state index in [4.69, 9.17) is 9.47 Å². The second-order valence-corrected chi connectivity index (χ2v) is 7.30. The third-order valence-corrected chi connectivity index (χ3v) is 4.88. The van der Waals surface area contributed by atoms with Crippen molar-refractivity contribution in [3.05, 3.63) is 126 Å². The topological polar surface area (TPSA) is 81.7 Å². The van der Waals surface area contributed by atoms with E-state index in [9.17, 15) is 14.4 Å². The molecule has 6 nitrogen and oxygen atoms in total. The van der Waals surface area contributed by atoms with Crippen LogP contribution in [-0.4, -0.2) is 24.3 Å². The Morgan fingerprint density at radius 2 is 1.18 bits per heavy atom. The Morgan fingerprint density at radius 3 is 1.85 bits per heavy atom. The van der Waals surface area contributed by atoms with Gasteiger partial charge in [-0.1, -0.05) is 66.7 Å². The second kappa shape index (κ2) is 10.7. The van der Waals surface area contributed by atoms with E-state index < -0.39 is 18.5 Å². The Hall–Kier alpha value is -4.71. The van der Waals surface area contributed by atoms with Gasteiger partial charge in [0.25, 0.3) is 5.91 Å². The maximum Gasteiger partial charge on any atom is 0.339 e. The maximum absolute atomic E-state index is 12.8. The molecule has 0 aliphatic heterocycles. The summed E-state index contributed by atoms with van der Waals surface area (Å²) in [6.07, 6.45) is 0. The van der Waals surface area contributed by atoms with Gasteiger partial charge in [-0.2, -0.15) is 0 Å². The van der Waals surface area contributed by atoms with Crippen LogP contribution in [0.2, 0.25) is 0 Å². The molecule has 4 aromatic carbocycles. The first-order valence-electron chi connectivity index (χ1n) is 10.6. The van der Waals surface area contributed by atoms with Crippen molar-refractivity contribution in [3.63, 3.8) is 0 Å². The van der Waals surface area contributed by atoms with Crippen molar-refractivity contribution in [3.8, 4) is 11.5 Å². The van der Waals surface area contributed by atoms with Gasteiger partial charge in [0.1, 0.15) is 11.5 Å². The molecule has 0 radical (unpaired) electrons. The summed E-state index contributed by atoms with van der Waals surface area (Å²) in [5.74, 6) is -0.221. The monoisotopic (exact) mass is 451 g/mol. The summed E-state index contributed by atoms with van der Waals surface area (Å²) < 4.78 is 10.9. The number of carbonyl (C=O) groups is 3. The van der Waals surface area contributed by atoms with Crippen LogP contribution in [0.25, 0.3) is 0 Å². The minimum Gasteiger partial charge on any atom is -0.457 e. The van der Waals surface area contributed by atoms with Crippen molar-refractivity contribution in [2.75, 3.05) is 11.9 Å². The fourth-order valence-electron chi connectivity index (χ4n) is 3.24. The third-order valence-electron chi connectivity index (χ3n) is 4.88. The predicted molar refractivity (Wildman–Crippen MR) is 128 cm³/mol. The lowest BCUT2D eigenvalue weighted by Crippen LogP contribution is -2.22. The quantitative estimate of drug-likeness (QED) is 0.282. The maximum atomic E-state index is 12.8. The Balaban J connectivity index is 1.34. The molecule has 0 aliphatic carbocycles. The molecule has 6 heteroatoms. The molecule has 34 heavy (non-hydrogen) atoms. The lowest BCUT2D eigenvalue weighted by molar-refractivity contribution is -0.119. The van der Waals surface area contributed by atoms with Crippen LogP contribution in [0.3, 0.4) is 0 Å². The van der Waals surface area contributed by atoms with E-state index in [1.165, 1.54) is 6.07 Å². The number of amides is 1. The van der Waals surface area contributed by atoms with Crippen molar-refractivity contribution in [1.29, 1.82) is 0 Å². The normalized spacial score (nSPS) is 10.2. The van der Waals surface area contributed by atoms with Crippen LogP contribution in [-0.2, 0) is 9.53 Å². The Bertz CT molecular complexity index is 1290. The Kier molecular flexibility index (Phi) is 7.10. The second-order valence-electron chi connectivity index (χ2n) is 7.30. The first kappa shape index (κ1) is 22.5. The first-order chi connectivity index (χ1) is 16.6. The van der Waals surface area contributed by atoms with E-state index in [0.29, 0.717) is 22.7 Å². The van der Waals surface area contributed by atoms with E-state index >= 15 is 0 Å². The smallest absolute Gasteiger partial charge is 0.339 e. The number of hydrogen-bond acceptors (Lipinski definition) is 5. The largest absolute Gasteiger partial charge is 0.457 e. The molecule has 4 rings (SSSR count). The van der Waals surface area contributed by atoms with Crippen LogP contribution in [0.1, 0.15) is 26.3 Å². The molecule has 0 aromatic heterocycles. The minimum atomic E-state index is -0.748. The van der Waals surface area contributed by atoms with Gasteiger partial charge in [0, 0.05) is 16.8 Å². The Labute approximate surface area is 196 Å². The number of nitrogens with one attached hydrogen (secondary N) is 1. The van der Waals surface area contributed by atoms with Gasteiger partial charge in [-0.15, -0.1) is 0 Å². The van der Waals surface area contributed by atoms with Crippen molar-refractivity contribution >= 4 is 23.3 Å². The van der Waals surface area contributed by atoms with E-state index in [2.05, 4.69) is 5.32 Å². The molecule has 0 saturated heterocycles. The van der Waals surface area contributed by atoms with E-state index in [1.54, 1.807) is 72.8 Å². The average molecular weight is 451 g/mol. The molecule has 1 N–H and O–H groups in total. The van der Waals surface area contributed by atoms with Crippen LogP contribution in [0.4, 0.5) is 5.69 Å². The summed E-state index contributed by atoms with van der Waals surface area (Å²) in [6, 6.07) is 31.2. The van der Waals surface area contributed by atoms with Gasteiger partial charge in [0.2, 0.25) is 0 Å². The highest BCUT2D eigenvalue weighted by molar-refractivity contribution is 6.14. The number of rotatable bonds is 8. The number of ether oxygens (including phenoxy) is 2. The summed E-state index contributed by atoms with van der Waals surface area (Å²) >= 11 is 0. The number of ketones is 1. The predicted octanol–water partition coefficient (Wildman–Crippen LogP) is 5.51. The lowest BCUT2D eigenvalue weighted by Gasteiger charge is -2.10. The molecular formula is C28H21NO5. The summed E-state index contributed by atoms with van der Waals surface area (Å²) in [5.41, 5.74) is 1.31. The van der Waals surface area contributed by atoms with Crippen molar-refractivity contribution in [2.24, 2.45) is 0 Å². The van der Waals surface area contributed by atoms with Crippen molar-refractivity contribution < 1.29 is 23.9 Å². The van der Waals surface area contributed by atoms with Crippen molar-refractivity contribution in [1.82, 2.24) is 0 Å². The molecular weight excluding hydrogens is 430 g/mol. The fraction of sp³-hybridized carbons (Fsp3) is 0.0357. The number of benzene rings is 4. The molecule has 0 bridgehead atoms. The molecule has 0 saturated carbocycles. The number of carbonyl (C=O) groups excluding carboxylic acids is 3. The standard InChI is InChI=1S/C28H21NO5/c30-26(29-21-15-17-23(18-16-21)34-22-11-5-2-6-12-22)19-33-28(32)25-14-8-7-13-24(25)27(31)20-9-3-1-4-10-20/h1-18H,19H2,(H,29,30). The summed E-state index contributed by atoms with van der Waals surface area (Å²) in [5, 5.41) is 2.66. The number of anilines is 1. The number of para-hydroxylation sites is 1. The van der Waals surface area contributed by atoms with Gasteiger partial charge in [0.15, 0.2) is 12.4 Å². The minimum absolute atomic E-state index is 0.103. The van der Waals surface area contributed by atoms with Crippen molar-refractivity contribution in [2.45, 2.75) is 0 Å². The highest BCUT2D eigenvalue weighted by Gasteiger charge is 2.19. The number of esters is 1. The van der Waals surface area contributed by atoms with Gasteiger partial charge in [-0.25, -0.2) is 4.79 Å². The zero-order valence-corrected chi connectivity index (χ0v) is 18.1. The van der Waals surface area contributed by atoms with Gasteiger partial charge in [0.05, 0.1) is 5.56 Å². The summed E-state index contributed by atoms with van der Waals surface area (Å²) in [7, 11) is 0. The molecule has 1 amide bonds. The lowest BCUT2D eigenvalue weighted by atomic mass is 9.98. The van der Waals surface area contributed by atoms with Gasteiger partial charge in [-0.05, 0) is 42.5 Å². The highest BCUT2D eigenvalue weighted by atomic mass is 16.5. The molecule has 0 unspecified atom stereocenters. The highest BCUT2D eigenvalue weighted by Crippen LogP contribution is 2.22. The fourth-order valence-corrected chi connectivity index (χ4v) is 3.24. The average Bonchev–Trinajstić information content (AvgIpc) is 2.89. The zero-order valence-electron chi connectivity index (χ0n) is 18.1. The van der Waals surface area contributed by atoms with Gasteiger partial charge in [-0.3, -0.25) is 9.59 Å². The van der Waals surface area contributed by atoms with E-state index in [0.717, 1.165) is 0 Å². The molecule has 0 fully saturated rings. The molecule has 0 spiro atoms. The summed E-state index contributed by atoms with van der Waals surface area (Å²) in [6.45, 7) is -0.491. The SMILES string of the molecule is O=C(COC(=O)c1ccccc1C(=O)c1ccccc1)Nc1ccc(Oc2ccccc2)cc1. The molecule has 0 aliphatic rings. The molecule has 0 heterocycles.